The van der Waals surface area contributed by atoms with Gasteiger partial charge in [0, 0.05) is 12.1 Å². The van der Waals surface area contributed by atoms with E-state index in [1.54, 1.807) is 0 Å². The predicted octanol–water partition coefficient (Wildman–Crippen LogP) is 6.04. The molecule has 0 aromatic heterocycles. The quantitative estimate of drug-likeness (QED) is 0.594. The van der Waals surface area contributed by atoms with Crippen LogP contribution in [0.25, 0.3) is 0 Å². The Morgan fingerprint density at radius 2 is 0.500 bits per heavy atom. The van der Waals surface area contributed by atoms with Crippen LogP contribution in [0.1, 0.15) is 69.2 Å². The fourth-order valence-electron chi connectivity index (χ4n) is 6.76. The smallest absolute Gasteiger partial charge is 0.0152 e. The molecule has 2 aliphatic carbocycles. The van der Waals surface area contributed by atoms with Crippen LogP contribution in [-0.4, -0.2) is 24.0 Å². The maximum atomic E-state index is 2.85. The summed E-state index contributed by atoms with van der Waals surface area (Å²) in [6, 6.07) is 1.46. The Bertz CT molecular complexity index is 348. The Kier molecular flexibility index (Phi) is 6.16. The van der Waals surface area contributed by atoms with E-state index in [1.807, 2.05) is 0 Å². The highest BCUT2D eigenvalue weighted by Gasteiger charge is 2.49. The van der Waals surface area contributed by atoms with Gasteiger partial charge in [0.15, 0.2) is 0 Å². The van der Waals surface area contributed by atoms with Crippen molar-refractivity contribution < 1.29 is 0 Å². The van der Waals surface area contributed by atoms with Crippen LogP contribution < -0.4 is 0 Å². The molecular weight excluding hydrogens is 290 g/mol. The maximum Gasteiger partial charge on any atom is 0.0152 e. The molecule has 0 amide bonds. The summed E-state index contributed by atoms with van der Waals surface area (Å²) < 4.78 is 0. The first-order chi connectivity index (χ1) is 11.0. The molecule has 0 aromatic carbocycles. The zero-order chi connectivity index (χ0) is 18.5. The van der Waals surface area contributed by atoms with Crippen LogP contribution >= 0.6 is 0 Å². The van der Waals surface area contributed by atoms with E-state index in [9.17, 15) is 0 Å². The molecule has 0 heterocycles. The van der Waals surface area contributed by atoms with Crippen LogP contribution in [0.4, 0.5) is 0 Å². The van der Waals surface area contributed by atoms with Crippen molar-refractivity contribution >= 4 is 0 Å². The maximum absolute atomic E-state index is 2.85. The van der Waals surface area contributed by atoms with E-state index in [-0.39, 0.29) is 0 Å². The molecular formula is C23H45N. The summed E-state index contributed by atoms with van der Waals surface area (Å²) in [5.41, 5.74) is 0. The van der Waals surface area contributed by atoms with Crippen LogP contribution in [0.5, 0.6) is 0 Å². The summed E-state index contributed by atoms with van der Waals surface area (Å²) >= 11 is 0. The van der Waals surface area contributed by atoms with Gasteiger partial charge in [-0.05, 0) is 66.2 Å². The van der Waals surface area contributed by atoms with Crippen molar-refractivity contribution in [2.75, 3.05) is 7.05 Å². The molecule has 0 bridgehead atoms. The van der Waals surface area contributed by atoms with Crippen LogP contribution in [0.3, 0.4) is 0 Å². The predicted molar refractivity (Wildman–Crippen MR) is 107 cm³/mol. The van der Waals surface area contributed by atoms with Crippen molar-refractivity contribution in [1.82, 2.24) is 4.90 Å². The van der Waals surface area contributed by atoms with Crippen molar-refractivity contribution in [3.8, 4) is 0 Å². The first-order valence-corrected chi connectivity index (χ1v) is 10.7. The molecule has 0 saturated heterocycles. The lowest BCUT2D eigenvalue weighted by atomic mass is 9.59. The van der Waals surface area contributed by atoms with Gasteiger partial charge in [0.1, 0.15) is 0 Å². The number of rotatable bonds is 2. The molecule has 1 nitrogen and oxygen atoms in total. The summed E-state index contributed by atoms with van der Waals surface area (Å²) in [6.45, 7) is 25.1. The van der Waals surface area contributed by atoms with Gasteiger partial charge in [0.05, 0.1) is 0 Å². The van der Waals surface area contributed by atoms with Gasteiger partial charge < -0.3 is 0 Å². The average Bonchev–Trinajstić information content (AvgIpc) is 2.55. The van der Waals surface area contributed by atoms with Gasteiger partial charge >= 0.3 is 0 Å². The van der Waals surface area contributed by atoms with Crippen molar-refractivity contribution in [1.29, 1.82) is 0 Å². The van der Waals surface area contributed by atoms with Gasteiger partial charge in [0.2, 0.25) is 0 Å². The molecule has 12 atom stereocenters. The number of nitrogens with zero attached hydrogens (tertiary/aromatic N) is 1. The molecule has 2 rings (SSSR count). The van der Waals surface area contributed by atoms with Gasteiger partial charge in [-0.2, -0.15) is 0 Å². The van der Waals surface area contributed by atoms with Crippen molar-refractivity contribution in [2.45, 2.75) is 81.3 Å². The molecule has 142 valence electrons. The van der Waals surface area contributed by atoms with E-state index < -0.39 is 0 Å². The molecule has 24 heavy (non-hydrogen) atoms. The minimum absolute atomic E-state index is 0.730. The lowest BCUT2D eigenvalue weighted by Crippen LogP contribution is -2.60. The summed E-state index contributed by atoms with van der Waals surface area (Å²) in [6.07, 6.45) is 0. The Morgan fingerprint density at radius 3 is 0.708 bits per heavy atom. The van der Waals surface area contributed by atoms with Crippen LogP contribution in [0.2, 0.25) is 0 Å². The van der Waals surface area contributed by atoms with Crippen LogP contribution in [0, 0.1) is 59.2 Å². The highest BCUT2D eigenvalue weighted by atomic mass is 15.2. The molecule has 2 fully saturated rings. The molecule has 4 unspecified atom stereocenters. The lowest BCUT2D eigenvalue weighted by Gasteiger charge is -2.57. The van der Waals surface area contributed by atoms with Gasteiger partial charge in [-0.25, -0.2) is 0 Å². The number of hydrogen-bond acceptors (Lipinski definition) is 1. The molecule has 0 spiro atoms. The topological polar surface area (TPSA) is 3.24 Å². The van der Waals surface area contributed by atoms with Gasteiger partial charge in [-0.1, -0.05) is 69.2 Å². The third kappa shape index (κ3) is 3.08. The Hall–Kier alpha value is -0.0400. The second kappa shape index (κ2) is 7.29. The second-order valence-electron chi connectivity index (χ2n) is 10.2. The van der Waals surface area contributed by atoms with Crippen molar-refractivity contribution in [3.05, 3.63) is 0 Å². The summed E-state index contributed by atoms with van der Waals surface area (Å²) in [4.78, 5) is 2.85. The van der Waals surface area contributed by atoms with E-state index in [2.05, 4.69) is 81.2 Å². The minimum Gasteiger partial charge on any atom is -0.299 e. The average molecular weight is 336 g/mol. The van der Waals surface area contributed by atoms with Crippen molar-refractivity contribution in [2.24, 2.45) is 59.2 Å². The highest BCUT2D eigenvalue weighted by molar-refractivity contribution is 5.00. The molecule has 2 aliphatic rings. The van der Waals surface area contributed by atoms with E-state index in [0.29, 0.717) is 0 Å². The first-order valence-electron chi connectivity index (χ1n) is 10.7. The van der Waals surface area contributed by atoms with Gasteiger partial charge in [0.25, 0.3) is 0 Å². The third-order valence-electron chi connectivity index (χ3n) is 9.73. The molecule has 1 heteroatoms. The minimum atomic E-state index is 0.730. The first kappa shape index (κ1) is 20.3. The normalized spacial score (nSPS) is 56.5. The SMILES string of the molecule is CC1[C@@H](C)[C@H](C)C(N(C)C2[C@@H](C)[C@H](C)C(C)[C@@H](C)[C@H]2C)[C@H](C)[C@@H]1C. The largest absolute Gasteiger partial charge is 0.299 e. The molecule has 0 N–H and O–H groups in total. The number of hydrogen-bond donors (Lipinski definition) is 0. The van der Waals surface area contributed by atoms with Crippen LogP contribution in [0.15, 0.2) is 0 Å². The Labute approximate surface area is 153 Å². The van der Waals surface area contributed by atoms with E-state index in [1.165, 1.54) is 0 Å². The zero-order valence-corrected chi connectivity index (χ0v) is 18.4. The summed E-state index contributed by atoms with van der Waals surface area (Å²) in [7, 11) is 2.46. The van der Waals surface area contributed by atoms with Gasteiger partial charge in [-0.15, -0.1) is 0 Å². The van der Waals surface area contributed by atoms with Gasteiger partial charge in [-0.3, -0.25) is 4.90 Å². The highest BCUT2D eigenvalue weighted by Crippen LogP contribution is 2.48. The summed E-state index contributed by atoms with van der Waals surface area (Å²) in [5, 5.41) is 0. The Balaban J connectivity index is 2.30. The molecule has 2 saturated carbocycles. The van der Waals surface area contributed by atoms with Crippen molar-refractivity contribution in [3.63, 3.8) is 0 Å². The molecule has 0 radical (unpaired) electrons. The third-order valence-corrected chi connectivity index (χ3v) is 9.73. The van der Waals surface area contributed by atoms with Crippen LogP contribution in [-0.2, 0) is 0 Å². The molecule has 0 aromatic rings. The fourth-order valence-corrected chi connectivity index (χ4v) is 6.76. The van der Waals surface area contributed by atoms with E-state index >= 15 is 0 Å². The Morgan fingerprint density at radius 1 is 0.333 bits per heavy atom. The molecule has 0 aliphatic heterocycles. The lowest BCUT2D eigenvalue weighted by molar-refractivity contribution is -0.0841. The second-order valence-corrected chi connectivity index (χ2v) is 10.2. The monoisotopic (exact) mass is 335 g/mol. The standard InChI is InChI=1S/C23H45N/c1-12-14(3)18(7)22(19(8)15(12)4)24(11)23-20(9)16(5)13(2)17(6)21(23)10/h12-23H,1-11H3/t12?,13?,14-,15-,16-,17-,18-,19+,20-,21+,22?,23?/m1/s1. The summed E-state index contributed by atoms with van der Waals surface area (Å²) in [5.74, 6) is 8.16. The zero-order valence-electron chi connectivity index (χ0n) is 18.4. The van der Waals surface area contributed by atoms with E-state index in [4.69, 9.17) is 0 Å². The van der Waals surface area contributed by atoms with E-state index in [0.717, 1.165) is 71.3 Å². The fraction of sp³-hybridized carbons (Fsp3) is 1.00.